The number of anilines is 1. The zero-order valence-corrected chi connectivity index (χ0v) is 16.5. The Morgan fingerprint density at radius 2 is 1.68 bits per heavy atom. The van der Waals surface area contributed by atoms with Gasteiger partial charge in [0.15, 0.2) is 5.11 Å². The lowest BCUT2D eigenvalue weighted by Gasteiger charge is -2.13. The minimum Gasteiger partial charge on any atom is -0.507 e. The average molecular weight is 394 g/mol. The number of aryl methyl sites for hydroxylation is 1. The first-order valence-electron chi connectivity index (χ1n) is 9.25. The van der Waals surface area contributed by atoms with E-state index in [2.05, 4.69) is 35.2 Å². The maximum absolute atomic E-state index is 12.4. The SMILES string of the molecule is CCCCc1ccc(NC(=S)NNC(=O)c2cc3ccccc3cc2O)cc1. The number of hydrazine groups is 1. The number of unbranched alkanes of at least 4 members (excludes halogenated alkanes) is 1. The maximum Gasteiger partial charge on any atom is 0.273 e. The molecule has 0 atom stereocenters. The van der Waals surface area contributed by atoms with E-state index >= 15 is 0 Å². The van der Waals surface area contributed by atoms with Crippen LogP contribution < -0.4 is 16.2 Å². The molecule has 0 aliphatic heterocycles. The van der Waals surface area contributed by atoms with Crippen LogP contribution in [-0.4, -0.2) is 16.1 Å². The number of fused-ring (bicyclic) bond motifs is 1. The fourth-order valence-electron chi connectivity index (χ4n) is 2.89. The van der Waals surface area contributed by atoms with Crippen LogP contribution in [0.1, 0.15) is 35.7 Å². The van der Waals surface area contributed by atoms with Crippen LogP contribution in [-0.2, 0) is 6.42 Å². The topological polar surface area (TPSA) is 73.4 Å². The summed E-state index contributed by atoms with van der Waals surface area (Å²) in [5, 5.41) is 15.1. The molecule has 0 aliphatic carbocycles. The van der Waals surface area contributed by atoms with Crippen molar-refractivity contribution in [2.75, 3.05) is 5.32 Å². The van der Waals surface area contributed by atoms with Gasteiger partial charge in [0.05, 0.1) is 5.56 Å². The van der Waals surface area contributed by atoms with Gasteiger partial charge in [-0.3, -0.25) is 15.6 Å². The molecule has 144 valence electrons. The van der Waals surface area contributed by atoms with Crippen molar-refractivity contribution in [2.24, 2.45) is 0 Å². The zero-order valence-electron chi connectivity index (χ0n) is 15.7. The van der Waals surface area contributed by atoms with Crippen LogP contribution in [0.25, 0.3) is 10.8 Å². The number of amides is 1. The lowest BCUT2D eigenvalue weighted by Crippen LogP contribution is -2.43. The highest BCUT2D eigenvalue weighted by Crippen LogP contribution is 2.24. The number of nitrogens with one attached hydrogen (secondary N) is 3. The number of hydrogen-bond donors (Lipinski definition) is 4. The number of thiocarbonyl (C=S) groups is 1. The molecular weight excluding hydrogens is 370 g/mol. The van der Waals surface area contributed by atoms with Crippen molar-refractivity contribution in [1.29, 1.82) is 0 Å². The molecule has 0 bridgehead atoms. The monoisotopic (exact) mass is 393 g/mol. The van der Waals surface area contributed by atoms with Gasteiger partial charge in [0.1, 0.15) is 5.75 Å². The summed E-state index contributed by atoms with van der Waals surface area (Å²) in [4.78, 5) is 12.4. The first-order valence-corrected chi connectivity index (χ1v) is 9.65. The molecule has 0 fully saturated rings. The smallest absolute Gasteiger partial charge is 0.273 e. The van der Waals surface area contributed by atoms with E-state index in [1.54, 1.807) is 12.1 Å². The second-order valence-electron chi connectivity index (χ2n) is 6.55. The third kappa shape index (κ3) is 4.98. The number of aromatic hydroxyl groups is 1. The van der Waals surface area contributed by atoms with E-state index in [1.165, 1.54) is 18.4 Å². The molecule has 3 aromatic carbocycles. The highest BCUT2D eigenvalue weighted by Gasteiger charge is 2.12. The largest absolute Gasteiger partial charge is 0.507 e. The Morgan fingerprint density at radius 3 is 2.36 bits per heavy atom. The number of carbonyl (C=O) groups is 1. The number of hydrogen-bond acceptors (Lipinski definition) is 3. The van der Waals surface area contributed by atoms with Crippen molar-refractivity contribution in [2.45, 2.75) is 26.2 Å². The molecule has 0 unspecified atom stereocenters. The summed E-state index contributed by atoms with van der Waals surface area (Å²) in [6, 6.07) is 18.8. The van der Waals surface area contributed by atoms with Crippen molar-refractivity contribution in [3.8, 4) is 5.75 Å². The summed E-state index contributed by atoms with van der Waals surface area (Å²) < 4.78 is 0. The fourth-order valence-corrected chi connectivity index (χ4v) is 3.06. The zero-order chi connectivity index (χ0) is 19.9. The van der Waals surface area contributed by atoms with E-state index in [0.717, 1.165) is 22.9 Å². The van der Waals surface area contributed by atoms with Gasteiger partial charge < -0.3 is 10.4 Å². The Labute approximate surface area is 169 Å². The number of rotatable bonds is 5. The minimum atomic E-state index is -0.470. The first kappa shape index (κ1) is 19.6. The highest BCUT2D eigenvalue weighted by atomic mass is 32.1. The molecule has 3 rings (SSSR count). The Morgan fingerprint density at radius 1 is 1.00 bits per heavy atom. The lowest BCUT2D eigenvalue weighted by molar-refractivity contribution is 0.0941. The molecule has 0 spiro atoms. The maximum atomic E-state index is 12.4. The highest BCUT2D eigenvalue weighted by molar-refractivity contribution is 7.80. The summed E-state index contributed by atoms with van der Waals surface area (Å²) in [6.07, 6.45) is 3.39. The van der Waals surface area contributed by atoms with E-state index in [0.29, 0.717) is 0 Å². The molecule has 0 aliphatic rings. The second kappa shape index (κ2) is 9.19. The van der Waals surface area contributed by atoms with E-state index < -0.39 is 5.91 Å². The van der Waals surface area contributed by atoms with E-state index in [9.17, 15) is 9.90 Å². The van der Waals surface area contributed by atoms with Crippen LogP contribution in [0.4, 0.5) is 5.69 Å². The van der Waals surface area contributed by atoms with Gasteiger partial charge in [-0.05, 0) is 65.7 Å². The molecule has 0 aromatic heterocycles. The van der Waals surface area contributed by atoms with Crippen molar-refractivity contribution >= 4 is 39.7 Å². The van der Waals surface area contributed by atoms with Crippen LogP contribution in [0, 0.1) is 0 Å². The molecule has 1 amide bonds. The predicted molar refractivity (Wildman–Crippen MR) is 117 cm³/mol. The summed E-state index contributed by atoms with van der Waals surface area (Å²) in [5.41, 5.74) is 7.47. The van der Waals surface area contributed by atoms with Crippen LogP contribution >= 0.6 is 12.2 Å². The van der Waals surface area contributed by atoms with E-state index in [4.69, 9.17) is 12.2 Å². The molecule has 6 heteroatoms. The Balaban J connectivity index is 1.57. The molecule has 4 N–H and O–H groups in total. The van der Waals surface area contributed by atoms with Crippen molar-refractivity contribution < 1.29 is 9.90 Å². The third-order valence-corrected chi connectivity index (χ3v) is 4.63. The van der Waals surface area contributed by atoms with Crippen molar-refractivity contribution in [3.63, 3.8) is 0 Å². The third-order valence-electron chi connectivity index (χ3n) is 4.43. The van der Waals surface area contributed by atoms with Crippen LogP contribution in [0.2, 0.25) is 0 Å². The molecule has 0 heterocycles. The molecule has 28 heavy (non-hydrogen) atoms. The van der Waals surface area contributed by atoms with Crippen LogP contribution in [0.5, 0.6) is 5.75 Å². The molecule has 3 aromatic rings. The van der Waals surface area contributed by atoms with Gasteiger partial charge in [0, 0.05) is 5.69 Å². The molecular formula is C22H23N3O2S. The standard InChI is InChI=1S/C22H23N3O2S/c1-2-3-6-15-9-11-18(12-10-15)23-22(28)25-24-21(27)19-13-16-7-4-5-8-17(16)14-20(19)26/h4-5,7-14,26H,2-3,6H2,1H3,(H,24,27)(H2,23,25,28). The van der Waals surface area contributed by atoms with Gasteiger partial charge in [-0.15, -0.1) is 0 Å². The van der Waals surface area contributed by atoms with E-state index in [-0.39, 0.29) is 16.4 Å². The summed E-state index contributed by atoms with van der Waals surface area (Å²) >= 11 is 5.22. The summed E-state index contributed by atoms with van der Waals surface area (Å²) in [7, 11) is 0. The van der Waals surface area contributed by atoms with Crippen LogP contribution in [0.3, 0.4) is 0 Å². The number of benzene rings is 3. The van der Waals surface area contributed by atoms with Gasteiger partial charge >= 0.3 is 0 Å². The van der Waals surface area contributed by atoms with Gasteiger partial charge in [-0.25, -0.2) is 0 Å². The predicted octanol–water partition coefficient (Wildman–Crippen LogP) is 4.52. The van der Waals surface area contributed by atoms with Gasteiger partial charge in [0.2, 0.25) is 0 Å². The molecule has 0 radical (unpaired) electrons. The number of phenolic OH excluding ortho intramolecular Hbond substituents is 1. The number of phenols is 1. The van der Waals surface area contributed by atoms with Crippen molar-refractivity contribution in [3.05, 3.63) is 71.8 Å². The van der Waals surface area contributed by atoms with Gasteiger partial charge in [-0.2, -0.15) is 0 Å². The molecule has 0 saturated carbocycles. The Hall–Kier alpha value is -3.12. The normalized spacial score (nSPS) is 10.5. The Bertz CT molecular complexity index is 987. The first-order chi connectivity index (χ1) is 13.6. The van der Waals surface area contributed by atoms with Gasteiger partial charge in [-0.1, -0.05) is 49.7 Å². The number of carbonyl (C=O) groups excluding carboxylic acids is 1. The van der Waals surface area contributed by atoms with E-state index in [1.807, 2.05) is 36.4 Å². The summed E-state index contributed by atoms with van der Waals surface area (Å²) in [6.45, 7) is 2.17. The molecule has 0 saturated heterocycles. The minimum absolute atomic E-state index is 0.0838. The average Bonchev–Trinajstić information content (AvgIpc) is 2.71. The molecule has 5 nitrogen and oxygen atoms in total. The second-order valence-corrected chi connectivity index (χ2v) is 6.96. The summed E-state index contributed by atoms with van der Waals surface area (Å²) in [5.74, 6) is -0.554. The van der Waals surface area contributed by atoms with Gasteiger partial charge in [0.25, 0.3) is 5.91 Å². The van der Waals surface area contributed by atoms with Crippen molar-refractivity contribution in [1.82, 2.24) is 10.9 Å². The fraction of sp³-hybridized carbons (Fsp3) is 0.182. The van der Waals surface area contributed by atoms with Crippen LogP contribution in [0.15, 0.2) is 60.7 Å². The Kier molecular flexibility index (Phi) is 6.45. The lowest BCUT2D eigenvalue weighted by atomic mass is 10.1. The quantitative estimate of drug-likeness (QED) is 0.379.